The molecule has 1 aromatic carbocycles. The van der Waals surface area contributed by atoms with Crippen LogP contribution in [0.15, 0.2) is 29.4 Å². The molecule has 0 heterocycles. The van der Waals surface area contributed by atoms with E-state index in [1.165, 1.54) is 25.4 Å². The second-order valence-corrected chi connectivity index (χ2v) is 3.22. The number of hydrogen-bond acceptors (Lipinski definition) is 3. The minimum atomic E-state index is -4.72. The molecule has 0 aliphatic carbocycles. The normalized spacial score (nSPS) is 11.6. The summed E-state index contributed by atoms with van der Waals surface area (Å²) in [7, 11) is 1.35. The first-order valence-corrected chi connectivity index (χ1v) is 4.71. The lowest BCUT2D eigenvalue weighted by Gasteiger charge is -2.08. The second-order valence-electron chi connectivity index (χ2n) is 3.22. The molecule has 0 spiro atoms. The van der Waals surface area contributed by atoms with Crippen molar-refractivity contribution >= 4 is 12.2 Å². The standard InChI is InChI=1S/C10H10F3N3O2/c1-16(9(14)17)15-6-7-2-4-8(5-3-7)18-10(11,12)13/h2-6H,1H3,(H2,14,17). The smallest absolute Gasteiger partial charge is 0.406 e. The van der Waals surface area contributed by atoms with E-state index in [2.05, 4.69) is 9.84 Å². The molecule has 2 amide bonds. The van der Waals surface area contributed by atoms with E-state index in [0.29, 0.717) is 5.56 Å². The first kappa shape index (κ1) is 13.8. The summed E-state index contributed by atoms with van der Waals surface area (Å²) in [6.45, 7) is 0. The highest BCUT2D eigenvalue weighted by atomic mass is 19.4. The van der Waals surface area contributed by atoms with Gasteiger partial charge in [-0.1, -0.05) is 0 Å². The Balaban J connectivity index is 2.69. The maximum Gasteiger partial charge on any atom is 0.573 e. The van der Waals surface area contributed by atoms with E-state index < -0.39 is 12.4 Å². The van der Waals surface area contributed by atoms with Gasteiger partial charge in [-0.2, -0.15) is 5.10 Å². The van der Waals surface area contributed by atoms with Crippen molar-refractivity contribution in [1.82, 2.24) is 5.01 Å². The molecule has 0 bridgehead atoms. The predicted molar refractivity (Wildman–Crippen MR) is 58.1 cm³/mol. The number of alkyl halides is 3. The van der Waals surface area contributed by atoms with Crippen LogP contribution in [-0.2, 0) is 0 Å². The highest BCUT2D eigenvalue weighted by molar-refractivity contribution is 5.81. The number of hydrazone groups is 1. The van der Waals surface area contributed by atoms with E-state index in [9.17, 15) is 18.0 Å². The Labute approximate surface area is 101 Å². The first-order valence-electron chi connectivity index (χ1n) is 4.71. The van der Waals surface area contributed by atoms with Crippen LogP contribution in [0.2, 0.25) is 0 Å². The number of primary amides is 1. The number of hydrogen-bond donors (Lipinski definition) is 1. The molecular weight excluding hydrogens is 251 g/mol. The van der Waals surface area contributed by atoms with Crippen LogP contribution in [0.3, 0.4) is 0 Å². The zero-order chi connectivity index (χ0) is 13.8. The average Bonchev–Trinajstić information content (AvgIpc) is 2.25. The van der Waals surface area contributed by atoms with Gasteiger partial charge in [-0.25, -0.2) is 9.80 Å². The van der Waals surface area contributed by atoms with Gasteiger partial charge in [-0.05, 0) is 29.8 Å². The number of halogens is 3. The van der Waals surface area contributed by atoms with Crippen molar-refractivity contribution in [2.45, 2.75) is 6.36 Å². The van der Waals surface area contributed by atoms with Crippen LogP contribution in [0.5, 0.6) is 5.75 Å². The van der Waals surface area contributed by atoms with E-state index in [-0.39, 0.29) is 5.75 Å². The van der Waals surface area contributed by atoms with Gasteiger partial charge in [0.1, 0.15) is 5.75 Å². The van der Waals surface area contributed by atoms with Gasteiger partial charge in [-0.15, -0.1) is 13.2 Å². The van der Waals surface area contributed by atoms with E-state index in [0.717, 1.165) is 17.1 Å². The maximum absolute atomic E-state index is 11.9. The molecule has 2 N–H and O–H groups in total. The molecule has 18 heavy (non-hydrogen) atoms. The van der Waals surface area contributed by atoms with Gasteiger partial charge in [0.15, 0.2) is 0 Å². The number of urea groups is 1. The molecule has 0 aromatic heterocycles. The number of nitrogens with two attached hydrogens (primary N) is 1. The molecule has 1 aromatic rings. The van der Waals surface area contributed by atoms with E-state index in [1.807, 2.05) is 0 Å². The number of ether oxygens (including phenoxy) is 1. The lowest BCUT2D eigenvalue weighted by molar-refractivity contribution is -0.274. The average molecular weight is 261 g/mol. The first-order chi connectivity index (χ1) is 8.28. The van der Waals surface area contributed by atoms with Gasteiger partial charge < -0.3 is 10.5 Å². The summed E-state index contributed by atoms with van der Waals surface area (Å²) in [6, 6.07) is 4.25. The van der Waals surface area contributed by atoms with Crippen LogP contribution in [-0.4, -0.2) is 30.7 Å². The number of benzene rings is 1. The molecule has 0 radical (unpaired) electrons. The van der Waals surface area contributed by atoms with Gasteiger partial charge in [0, 0.05) is 7.05 Å². The lowest BCUT2D eigenvalue weighted by Crippen LogP contribution is -2.27. The molecule has 8 heteroatoms. The van der Waals surface area contributed by atoms with E-state index >= 15 is 0 Å². The largest absolute Gasteiger partial charge is 0.573 e. The van der Waals surface area contributed by atoms with Crippen LogP contribution < -0.4 is 10.5 Å². The third-order valence-corrected chi connectivity index (χ3v) is 1.81. The summed E-state index contributed by atoms with van der Waals surface area (Å²) in [5.74, 6) is -0.331. The Morgan fingerprint density at radius 1 is 1.39 bits per heavy atom. The van der Waals surface area contributed by atoms with Crippen LogP contribution in [0, 0.1) is 0 Å². The van der Waals surface area contributed by atoms with Gasteiger partial charge in [-0.3, -0.25) is 0 Å². The molecule has 0 atom stereocenters. The second kappa shape index (κ2) is 5.39. The molecule has 0 unspecified atom stereocenters. The molecule has 98 valence electrons. The zero-order valence-corrected chi connectivity index (χ0v) is 9.31. The predicted octanol–water partition coefficient (Wildman–Crippen LogP) is 1.93. The van der Waals surface area contributed by atoms with Crippen LogP contribution in [0.25, 0.3) is 0 Å². The number of amides is 2. The Kier molecular flexibility index (Phi) is 4.13. The molecule has 5 nitrogen and oxygen atoms in total. The van der Waals surface area contributed by atoms with Crippen molar-refractivity contribution in [3.05, 3.63) is 29.8 Å². The molecule has 0 aliphatic heterocycles. The topological polar surface area (TPSA) is 67.9 Å². The van der Waals surface area contributed by atoms with Gasteiger partial charge >= 0.3 is 12.4 Å². The maximum atomic E-state index is 11.9. The van der Waals surface area contributed by atoms with Crippen LogP contribution in [0.4, 0.5) is 18.0 Å². The number of nitrogens with zero attached hydrogens (tertiary/aromatic N) is 2. The van der Waals surface area contributed by atoms with Crippen molar-refractivity contribution in [2.24, 2.45) is 10.8 Å². The number of rotatable bonds is 3. The summed E-state index contributed by atoms with van der Waals surface area (Å²) in [5.41, 5.74) is 5.42. The third kappa shape index (κ3) is 4.73. The summed E-state index contributed by atoms with van der Waals surface area (Å²) < 4.78 is 39.3. The Morgan fingerprint density at radius 3 is 2.39 bits per heavy atom. The monoisotopic (exact) mass is 261 g/mol. The van der Waals surface area contributed by atoms with Crippen molar-refractivity contribution < 1.29 is 22.7 Å². The molecule has 1 rings (SSSR count). The highest BCUT2D eigenvalue weighted by Gasteiger charge is 2.30. The Bertz CT molecular complexity index is 443. The summed E-state index contributed by atoms with van der Waals surface area (Å²) in [6.07, 6.45) is -3.44. The number of carbonyl (C=O) groups is 1. The minimum Gasteiger partial charge on any atom is -0.406 e. The van der Waals surface area contributed by atoms with Crippen molar-refractivity contribution in [2.75, 3.05) is 7.05 Å². The van der Waals surface area contributed by atoms with Gasteiger partial charge in [0.05, 0.1) is 6.21 Å². The fraction of sp³-hybridized carbons (Fsp3) is 0.200. The highest BCUT2D eigenvalue weighted by Crippen LogP contribution is 2.22. The summed E-state index contributed by atoms with van der Waals surface area (Å²) in [5, 5.41) is 4.56. The van der Waals surface area contributed by atoms with Crippen LogP contribution in [0.1, 0.15) is 5.56 Å². The van der Waals surface area contributed by atoms with Gasteiger partial charge in [0.2, 0.25) is 0 Å². The van der Waals surface area contributed by atoms with Crippen LogP contribution >= 0.6 is 0 Å². The SMILES string of the molecule is CN(N=Cc1ccc(OC(F)(F)F)cc1)C(N)=O. The fourth-order valence-corrected chi connectivity index (χ4v) is 0.966. The summed E-state index contributed by atoms with van der Waals surface area (Å²) in [4.78, 5) is 10.6. The Hall–Kier alpha value is -2.25. The molecule has 0 saturated carbocycles. The molecule has 0 fully saturated rings. The van der Waals surface area contributed by atoms with E-state index in [1.54, 1.807) is 0 Å². The molecule has 0 aliphatic rings. The van der Waals surface area contributed by atoms with Crippen molar-refractivity contribution in [3.8, 4) is 5.75 Å². The molecule has 0 saturated heterocycles. The third-order valence-electron chi connectivity index (χ3n) is 1.81. The quantitative estimate of drug-likeness (QED) is 0.667. The molecular formula is C10H10F3N3O2. The van der Waals surface area contributed by atoms with E-state index in [4.69, 9.17) is 5.73 Å². The van der Waals surface area contributed by atoms with Gasteiger partial charge in [0.25, 0.3) is 0 Å². The lowest BCUT2D eigenvalue weighted by atomic mass is 10.2. The van der Waals surface area contributed by atoms with Crippen molar-refractivity contribution in [3.63, 3.8) is 0 Å². The summed E-state index contributed by atoms with van der Waals surface area (Å²) >= 11 is 0. The zero-order valence-electron chi connectivity index (χ0n) is 9.31. The number of carbonyl (C=O) groups excluding carboxylic acids is 1. The minimum absolute atomic E-state index is 0.331. The fourth-order valence-electron chi connectivity index (χ4n) is 0.966. The van der Waals surface area contributed by atoms with Crippen molar-refractivity contribution in [1.29, 1.82) is 0 Å². The Morgan fingerprint density at radius 2 is 1.94 bits per heavy atom.